The largest absolute Gasteiger partial charge is 0.192 e. The first kappa shape index (κ1) is 14.3. The molecule has 0 fully saturated rings. The molecule has 0 saturated carbocycles. The highest BCUT2D eigenvalue weighted by molar-refractivity contribution is 5.85. The molecule has 0 aliphatic carbocycles. The summed E-state index contributed by atoms with van der Waals surface area (Å²) < 4.78 is 0. The van der Waals surface area contributed by atoms with Crippen molar-refractivity contribution in [3.63, 3.8) is 0 Å². The lowest BCUT2D eigenvalue weighted by Gasteiger charge is -2.02. The molecule has 2 aromatic carbocycles. The highest BCUT2D eigenvalue weighted by Gasteiger charge is 2.05. The molecule has 0 bridgehead atoms. The predicted molar refractivity (Wildman–Crippen MR) is 84.8 cm³/mol. The summed E-state index contributed by atoms with van der Waals surface area (Å²) in [7, 11) is 0. The molecule has 0 N–H and O–H groups in total. The Labute approximate surface area is 124 Å². The van der Waals surface area contributed by atoms with Crippen LogP contribution in [0.4, 0.5) is 0 Å². The van der Waals surface area contributed by atoms with Crippen molar-refractivity contribution in [1.29, 1.82) is 10.5 Å². The van der Waals surface area contributed by atoms with Crippen LogP contribution in [0.3, 0.4) is 0 Å². The number of allylic oxidation sites excluding steroid dienone is 3. The molecular formula is C19H14N2. The van der Waals surface area contributed by atoms with Crippen LogP contribution in [-0.4, -0.2) is 0 Å². The van der Waals surface area contributed by atoms with Gasteiger partial charge >= 0.3 is 0 Å². The molecule has 0 amide bonds. The van der Waals surface area contributed by atoms with E-state index in [1.165, 1.54) is 5.56 Å². The molecule has 100 valence electrons. The standard InChI is InChI=1S/C19H14N2/c1-15-7-9-16(10-8-15)11-12-19(18(13-20)14-21)17-5-3-2-4-6-17/h2-12H,1H3/b12-11+. The van der Waals surface area contributed by atoms with Crippen molar-refractivity contribution in [3.05, 3.63) is 82.9 Å². The van der Waals surface area contributed by atoms with Crippen molar-refractivity contribution < 1.29 is 0 Å². The van der Waals surface area contributed by atoms with Crippen LogP contribution in [0.1, 0.15) is 16.7 Å². The number of hydrogen-bond donors (Lipinski definition) is 0. The smallest absolute Gasteiger partial charge is 0.137 e. The Morgan fingerprint density at radius 2 is 1.52 bits per heavy atom. The van der Waals surface area contributed by atoms with E-state index >= 15 is 0 Å². The summed E-state index contributed by atoms with van der Waals surface area (Å²) in [6.07, 6.45) is 3.73. The number of hydrogen-bond acceptors (Lipinski definition) is 2. The highest BCUT2D eigenvalue weighted by atomic mass is 14.3. The lowest BCUT2D eigenvalue weighted by Crippen LogP contribution is -1.86. The Balaban J connectivity index is 2.44. The molecule has 0 radical (unpaired) electrons. The molecule has 2 rings (SSSR count). The molecule has 0 atom stereocenters. The van der Waals surface area contributed by atoms with Crippen LogP contribution < -0.4 is 0 Å². The summed E-state index contributed by atoms with van der Waals surface area (Å²) in [5.74, 6) is 0. The molecule has 0 spiro atoms. The Bertz CT molecular complexity index is 736. The Hall–Kier alpha value is -3.10. The van der Waals surface area contributed by atoms with Gasteiger partial charge in [0.2, 0.25) is 0 Å². The van der Waals surface area contributed by atoms with Gasteiger partial charge in [-0.05, 0) is 18.1 Å². The van der Waals surface area contributed by atoms with Gasteiger partial charge in [0, 0.05) is 5.57 Å². The van der Waals surface area contributed by atoms with Gasteiger partial charge < -0.3 is 0 Å². The molecule has 2 aromatic rings. The van der Waals surface area contributed by atoms with Crippen molar-refractivity contribution >= 4 is 11.6 Å². The molecule has 0 unspecified atom stereocenters. The lowest BCUT2D eigenvalue weighted by molar-refractivity contribution is 1.45. The molecule has 2 heteroatoms. The van der Waals surface area contributed by atoms with Crippen LogP contribution in [0, 0.1) is 29.6 Å². The van der Waals surface area contributed by atoms with Gasteiger partial charge in [-0.1, -0.05) is 72.3 Å². The Morgan fingerprint density at radius 1 is 0.905 bits per heavy atom. The molecular weight excluding hydrogens is 256 g/mol. The fraction of sp³-hybridized carbons (Fsp3) is 0.0526. The number of nitrogens with zero attached hydrogens (tertiary/aromatic N) is 2. The van der Waals surface area contributed by atoms with Gasteiger partial charge in [-0.3, -0.25) is 0 Å². The highest BCUT2D eigenvalue weighted by Crippen LogP contribution is 2.21. The molecule has 0 heterocycles. The topological polar surface area (TPSA) is 47.6 Å². The van der Waals surface area contributed by atoms with Crippen LogP contribution in [0.2, 0.25) is 0 Å². The first-order valence-electron chi connectivity index (χ1n) is 6.59. The van der Waals surface area contributed by atoms with E-state index in [4.69, 9.17) is 10.5 Å². The Kier molecular flexibility index (Phi) is 4.70. The van der Waals surface area contributed by atoms with Crippen LogP contribution in [0.25, 0.3) is 11.6 Å². The SMILES string of the molecule is Cc1ccc(/C=C/C(=C(C#N)C#N)c2ccccc2)cc1. The van der Waals surface area contributed by atoms with Crippen molar-refractivity contribution in [2.24, 2.45) is 0 Å². The van der Waals surface area contributed by atoms with E-state index in [1.807, 2.05) is 85.8 Å². The van der Waals surface area contributed by atoms with Crippen molar-refractivity contribution in [2.45, 2.75) is 6.92 Å². The van der Waals surface area contributed by atoms with Gasteiger partial charge in [-0.25, -0.2) is 0 Å². The van der Waals surface area contributed by atoms with E-state index < -0.39 is 0 Å². The average molecular weight is 270 g/mol. The summed E-state index contributed by atoms with van der Waals surface area (Å²) in [4.78, 5) is 0. The molecule has 0 saturated heterocycles. The van der Waals surface area contributed by atoms with Crippen molar-refractivity contribution in [1.82, 2.24) is 0 Å². The average Bonchev–Trinajstić information content (AvgIpc) is 2.54. The van der Waals surface area contributed by atoms with Gasteiger partial charge in [0.25, 0.3) is 0 Å². The fourth-order valence-electron chi connectivity index (χ4n) is 1.94. The zero-order valence-corrected chi connectivity index (χ0v) is 11.7. The van der Waals surface area contributed by atoms with E-state index in [-0.39, 0.29) is 5.57 Å². The zero-order valence-electron chi connectivity index (χ0n) is 11.7. The van der Waals surface area contributed by atoms with E-state index in [0.29, 0.717) is 5.57 Å². The van der Waals surface area contributed by atoms with Gasteiger partial charge in [0.1, 0.15) is 17.7 Å². The van der Waals surface area contributed by atoms with Gasteiger partial charge in [-0.2, -0.15) is 10.5 Å². The zero-order chi connectivity index (χ0) is 15.1. The minimum absolute atomic E-state index is 0.115. The monoisotopic (exact) mass is 270 g/mol. The van der Waals surface area contributed by atoms with Gasteiger partial charge in [0.05, 0.1) is 0 Å². The van der Waals surface area contributed by atoms with Crippen LogP contribution >= 0.6 is 0 Å². The predicted octanol–water partition coefficient (Wildman–Crippen LogP) is 4.51. The van der Waals surface area contributed by atoms with Crippen LogP contribution in [0.15, 0.2) is 66.2 Å². The first-order valence-corrected chi connectivity index (χ1v) is 6.59. The van der Waals surface area contributed by atoms with E-state index in [9.17, 15) is 0 Å². The minimum Gasteiger partial charge on any atom is -0.192 e. The molecule has 0 aliphatic rings. The third-order valence-electron chi connectivity index (χ3n) is 3.10. The van der Waals surface area contributed by atoms with Gasteiger partial charge in [-0.15, -0.1) is 0 Å². The second-order valence-corrected chi connectivity index (χ2v) is 4.62. The normalized spacial score (nSPS) is 9.86. The first-order chi connectivity index (χ1) is 10.2. The summed E-state index contributed by atoms with van der Waals surface area (Å²) in [6, 6.07) is 21.5. The molecule has 2 nitrogen and oxygen atoms in total. The fourth-order valence-corrected chi connectivity index (χ4v) is 1.94. The van der Waals surface area contributed by atoms with E-state index in [0.717, 1.165) is 11.1 Å². The summed E-state index contributed by atoms with van der Waals surface area (Å²) in [5.41, 5.74) is 3.84. The summed E-state index contributed by atoms with van der Waals surface area (Å²) >= 11 is 0. The van der Waals surface area contributed by atoms with E-state index in [1.54, 1.807) is 0 Å². The Morgan fingerprint density at radius 3 is 2.10 bits per heavy atom. The lowest BCUT2D eigenvalue weighted by atomic mass is 9.99. The maximum absolute atomic E-state index is 9.13. The van der Waals surface area contributed by atoms with Crippen LogP contribution in [0.5, 0.6) is 0 Å². The molecule has 21 heavy (non-hydrogen) atoms. The molecule has 0 aromatic heterocycles. The maximum atomic E-state index is 9.13. The summed E-state index contributed by atoms with van der Waals surface area (Å²) in [6.45, 7) is 2.03. The second kappa shape index (κ2) is 6.89. The number of aryl methyl sites for hydroxylation is 1. The van der Waals surface area contributed by atoms with E-state index in [2.05, 4.69) is 0 Å². The maximum Gasteiger partial charge on any atom is 0.137 e. The quantitative estimate of drug-likeness (QED) is 0.608. The third kappa shape index (κ3) is 3.69. The third-order valence-corrected chi connectivity index (χ3v) is 3.10. The minimum atomic E-state index is 0.115. The molecule has 0 aliphatic heterocycles. The number of nitriles is 2. The van der Waals surface area contributed by atoms with Gasteiger partial charge in [0.15, 0.2) is 0 Å². The van der Waals surface area contributed by atoms with Crippen molar-refractivity contribution in [2.75, 3.05) is 0 Å². The number of rotatable bonds is 3. The number of benzene rings is 2. The van der Waals surface area contributed by atoms with Crippen molar-refractivity contribution in [3.8, 4) is 12.1 Å². The second-order valence-electron chi connectivity index (χ2n) is 4.62. The van der Waals surface area contributed by atoms with Crippen LogP contribution in [-0.2, 0) is 0 Å². The summed E-state index contributed by atoms with van der Waals surface area (Å²) in [5, 5.41) is 18.3.